The lowest BCUT2D eigenvalue weighted by molar-refractivity contribution is -0.163. The van der Waals surface area contributed by atoms with Crippen molar-refractivity contribution in [1.29, 1.82) is 0 Å². The second kappa shape index (κ2) is 3.32. The Morgan fingerprint density at radius 3 is 2.73 bits per heavy atom. The van der Waals surface area contributed by atoms with E-state index in [2.05, 4.69) is 0 Å². The average molecular weight is 210 g/mol. The van der Waals surface area contributed by atoms with Crippen LogP contribution in [0.25, 0.3) is 0 Å². The van der Waals surface area contributed by atoms with Gasteiger partial charge in [-0.05, 0) is 25.2 Å². The van der Waals surface area contributed by atoms with Crippen molar-refractivity contribution in [2.45, 2.75) is 33.1 Å². The molecule has 0 saturated heterocycles. The highest BCUT2D eigenvalue weighted by molar-refractivity contribution is 5.90. The minimum Gasteiger partial charge on any atom is -0.469 e. The number of carbonyl (C=O) groups is 2. The third kappa shape index (κ3) is 1.40. The molecule has 0 aromatic carbocycles. The van der Waals surface area contributed by atoms with Crippen molar-refractivity contribution in [3.05, 3.63) is 0 Å². The first-order valence-electron chi connectivity index (χ1n) is 5.62. The number of Topliss-reactive ketones (excluding diaryl/α,β-unsaturated/α-hetero) is 1. The minimum atomic E-state index is -0.271. The van der Waals surface area contributed by atoms with E-state index in [1.807, 2.05) is 13.8 Å². The molecule has 0 aliphatic heterocycles. The van der Waals surface area contributed by atoms with Crippen LogP contribution >= 0.6 is 0 Å². The van der Waals surface area contributed by atoms with Crippen LogP contribution in [0.5, 0.6) is 0 Å². The van der Waals surface area contributed by atoms with E-state index in [0.29, 0.717) is 12.2 Å². The van der Waals surface area contributed by atoms with E-state index in [1.165, 1.54) is 7.11 Å². The lowest BCUT2D eigenvalue weighted by Crippen LogP contribution is -2.52. The van der Waals surface area contributed by atoms with Crippen molar-refractivity contribution in [2.24, 2.45) is 23.2 Å². The maximum absolute atomic E-state index is 12.0. The summed E-state index contributed by atoms with van der Waals surface area (Å²) in [5, 5.41) is 0. The molecule has 3 aliphatic carbocycles. The highest BCUT2D eigenvalue weighted by Crippen LogP contribution is 2.53. The standard InChI is InChI=1S/C12H18O3/c1-7-8-4-5-12(2,10(7)13)6-9(8)11(14)15-3/h7-9H,4-6H2,1-3H3/t7-,8-,9-,12+/m0/s1. The molecule has 3 aliphatic rings. The molecule has 0 heterocycles. The number of hydrogen-bond donors (Lipinski definition) is 0. The van der Waals surface area contributed by atoms with Crippen molar-refractivity contribution in [1.82, 2.24) is 0 Å². The van der Waals surface area contributed by atoms with E-state index in [-0.39, 0.29) is 29.1 Å². The smallest absolute Gasteiger partial charge is 0.308 e. The minimum absolute atomic E-state index is 0.0293. The summed E-state index contributed by atoms with van der Waals surface area (Å²) in [5.41, 5.74) is -0.271. The molecular formula is C12H18O3. The first kappa shape index (κ1) is 10.7. The Morgan fingerprint density at radius 2 is 2.20 bits per heavy atom. The maximum Gasteiger partial charge on any atom is 0.308 e. The van der Waals surface area contributed by atoms with Crippen LogP contribution in [-0.4, -0.2) is 18.9 Å². The zero-order chi connectivity index (χ0) is 11.2. The van der Waals surface area contributed by atoms with Crippen LogP contribution in [0.1, 0.15) is 33.1 Å². The zero-order valence-electron chi connectivity index (χ0n) is 9.58. The second-order valence-electron chi connectivity index (χ2n) is 5.25. The van der Waals surface area contributed by atoms with Gasteiger partial charge in [0.05, 0.1) is 13.0 Å². The third-order valence-corrected chi connectivity index (χ3v) is 4.37. The summed E-state index contributed by atoms with van der Waals surface area (Å²) >= 11 is 0. The SMILES string of the molecule is COC(=O)[C@H]1C[C@@]2(C)CC[C@H]1[C@H](C)C2=O. The van der Waals surface area contributed by atoms with Crippen LogP contribution in [-0.2, 0) is 14.3 Å². The van der Waals surface area contributed by atoms with Crippen LogP contribution < -0.4 is 0 Å². The van der Waals surface area contributed by atoms with Crippen LogP contribution in [0.3, 0.4) is 0 Å². The number of ether oxygens (including phenoxy) is 1. The topological polar surface area (TPSA) is 43.4 Å². The van der Waals surface area contributed by atoms with Gasteiger partial charge in [0.1, 0.15) is 5.78 Å². The molecule has 3 saturated carbocycles. The molecule has 0 radical (unpaired) electrons. The second-order valence-corrected chi connectivity index (χ2v) is 5.25. The molecular weight excluding hydrogens is 192 g/mol. The van der Waals surface area contributed by atoms with Gasteiger partial charge in [-0.2, -0.15) is 0 Å². The van der Waals surface area contributed by atoms with Gasteiger partial charge in [0.25, 0.3) is 0 Å². The summed E-state index contributed by atoms with van der Waals surface area (Å²) in [4.78, 5) is 23.6. The molecule has 3 nitrogen and oxygen atoms in total. The molecule has 4 atom stereocenters. The summed E-state index contributed by atoms with van der Waals surface area (Å²) in [7, 11) is 1.43. The molecule has 0 aromatic heterocycles. The fraction of sp³-hybridized carbons (Fsp3) is 0.833. The molecule has 2 bridgehead atoms. The lowest BCUT2D eigenvalue weighted by atomic mass is 9.52. The number of ketones is 1. The monoisotopic (exact) mass is 210 g/mol. The summed E-state index contributed by atoms with van der Waals surface area (Å²) in [6.45, 7) is 3.96. The Morgan fingerprint density at radius 1 is 1.53 bits per heavy atom. The van der Waals surface area contributed by atoms with E-state index in [1.54, 1.807) is 0 Å². The Hall–Kier alpha value is -0.860. The molecule has 15 heavy (non-hydrogen) atoms. The largest absolute Gasteiger partial charge is 0.469 e. The van der Waals surface area contributed by atoms with E-state index < -0.39 is 0 Å². The van der Waals surface area contributed by atoms with E-state index >= 15 is 0 Å². The summed E-state index contributed by atoms with van der Waals surface area (Å²) in [5.74, 6) is 0.402. The third-order valence-electron chi connectivity index (χ3n) is 4.37. The highest BCUT2D eigenvalue weighted by Gasteiger charge is 2.54. The molecule has 0 spiro atoms. The molecule has 0 aromatic rings. The molecule has 0 amide bonds. The Labute approximate surface area is 90.2 Å². The molecule has 3 fully saturated rings. The molecule has 3 heteroatoms. The number of carbonyl (C=O) groups excluding carboxylic acids is 2. The van der Waals surface area contributed by atoms with Crippen LogP contribution in [0.4, 0.5) is 0 Å². The van der Waals surface area contributed by atoms with Gasteiger partial charge in [-0.25, -0.2) is 0 Å². The predicted octanol–water partition coefficient (Wildman–Crippen LogP) is 1.80. The van der Waals surface area contributed by atoms with Gasteiger partial charge in [-0.1, -0.05) is 13.8 Å². The maximum atomic E-state index is 12.0. The Balaban J connectivity index is 2.28. The fourth-order valence-electron chi connectivity index (χ4n) is 3.40. The summed E-state index contributed by atoms with van der Waals surface area (Å²) in [6.07, 6.45) is 2.62. The fourth-order valence-corrected chi connectivity index (χ4v) is 3.40. The van der Waals surface area contributed by atoms with E-state index in [4.69, 9.17) is 4.74 Å². The van der Waals surface area contributed by atoms with Gasteiger partial charge < -0.3 is 4.74 Å². The van der Waals surface area contributed by atoms with Crippen molar-refractivity contribution < 1.29 is 14.3 Å². The van der Waals surface area contributed by atoms with Crippen LogP contribution in [0.2, 0.25) is 0 Å². The number of esters is 1. The number of rotatable bonds is 1. The van der Waals surface area contributed by atoms with Crippen molar-refractivity contribution in [3.8, 4) is 0 Å². The van der Waals surface area contributed by atoms with Gasteiger partial charge in [-0.3, -0.25) is 9.59 Å². The van der Waals surface area contributed by atoms with Crippen molar-refractivity contribution >= 4 is 11.8 Å². The van der Waals surface area contributed by atoms with Gasteiger partial charge in [-0.15, -0.1) is 0 Å². The number of hydrogen-bond acceptors (Lipinski definition) is 3. The molecule has 84 valence electrons. The van der Waals surface area contributed by atoms with Gasteiger partial charge >= 0.3 is 5.97 Å². The van der Waals surface area contributed by atoms with E-state index in [0.717, 1.165) is 12.8 Å². The molecule has 3 rings (SSSR count). The Bertz CT molecular complexity index is 310. The van der Waals surface area contributed by atoms with Gasteiger partial charge in [0, 0.05) is 11.3 Å². The van der Waals surface area contributed by atoms with E-state index in [9.17, 15) is 9.59 Å². The molecule has 0 unspecified atom stereocenters. The molecule has 0 N–H and O–H groups in total. The van der Waals surface area contributed by atoms with Gasteiger partial charge in [0.2, 0.25) is 0 Å². The first-order valence-corrected chi connectivity index (χ1v) is 5.62. The predicted molar refractivity (Wildman–Crippen MR) is 55.1 cm³/mol. The number of methoxy groups -OCH3 is 1. The Kier molecular flexibility index (Phi) is 2.36. The zero-order valence-corrected chi connectivity index (χ0v) is 9.58. The van der Waals surface area contributed by atoms with Crippen molar-refractivity contribution in [3.63, 3.8) is 0 Å². The van der Waals surface area contributed by atoms with Crippen LogP contribution in [0, 0.1) is 23.2 Å². The average Bonchev–Trinajstić information content (AvgIpc) is 2.24. The van der Waals surface area contributed by atoms with Crippen molar-refractivity contribution in [2.75, 3.05) is 7.11 Å². The lowest BCUT2D eigenvalue weighted by Gasteiger charge is -2.49. The first-order chi connectivity index (χ1) is 6.99. The normalized spacial score (nSPS) is 44.2. The van der Waals surface area contributed by atoms with Crippen LogP contribution in [0.15, 0.2) is 0 Å². The summed E-state index contributed by atoms with van der Waals surface area (Å²) in [6, 6.07) is 0. The quantitative estimate of drug-likeness (QED) is 0.620. The number of fused-ring (bicyclic) bond motifs is 3. The summed E-state index contributed by atoms with van der Waals surface area (Å²) < 4.78 is 4.82. The van der Waals surface area contributed by atoms with Gasteiger partial charge in [0.15, 0.2) is 0 Å². The highest BCUT2D eigenvalue weighted by atomic mass is 16.5.